The van der Waals surface area contributed by atoms with Crippen molar-refractivity contribution in [3.05, 3.63) is 17.0 Å². The first-order valence-electron chi connectivity index (χ1n) is 7.26. The van der Waals surface area contributed by atoms with E-state index in [9.17, 15) is 18.0 Å². The monoisotopic (exact) mass is 356 g/mol. The van der Waals surface area contributed by atoms with Crippen LogP contribution in [0, 0.1) is 0 Å². The second-order valence-corrected chi connectivity index (χ2v) is 8.48. The van der Waals surface area contributed by atoms with Crippen LogP contribution in [0.15, 0.2) is 5.16 Å². The molecule has 1 aromatic rings. The summed E-state index contributed by atoms with van der Waals surface area (Å²) in [5, 5.41) is -0.444. The Morgan fingerprint density at radius 2 is 1.88 bits per heavy atom. The van der Waals surface area contributed by atoms with E-state index >= 15 is 0 Å². The van der Waals surface area contributed by atoms with Crippen LogP contribution in [-0.4, -0.2) is 53.7 Å². The first kappa shape index (κ1) is 18.1. The van der Waals surface area contributed by atoms with E-state index in [0.717, 1.165) is 6.26 Å². The van der Waals surface area contributed by atoms with Gasteiger partial charge in [-0.15, -0.1) is 0 Å². The van der Waals surface area contributed by atoms with Crippen molar-refractivity contribution in [3.8, 4) is 0 Å². The number of carbonyl (C=O) groups is 2. The fraction of sp³-hybridized carbons (Fsp3) is 0.571. The number of hydrogen-bond donors (Lipinski definition) is 1. The third-order valence-corrected chi connectivity index (χ3v) is 4.10. The van der Waals surface area contributed by atoms with Gasteiger partial charge in [-0.25, -0.2) is 23.2 Å². The minimum Gasteiger partial charge on any atom is -0.444 e. The van der Waals surface area contributed by atoms with E-state index < -0.39 is 32.6 Å². The SMILES string of the molecule is CC(C)(C)OC(=O)N1CCc2nc(S(C)(=O)=O)nc(C(N)=O)c2C1. The van der Waals surface area contributed by atoms with E-state index in [1.807, 2.05) is 0 Å². The van der Waals surface area contributed by atoms with Gasteiger partial charge >= 0.3 is 6.09 Å². The number of ether oxygens (including phenoxy) is 1. The van der Waals surface area contributed by atoms with Crippen molar-refractivity contribution in [3.63, 3.8) is 0 Å². The molecule has 2 amide bonds. The predicted molar refractivity (Wildman–Crippen MR) is 84.0 cm³/mol. The molecule has 1 aliphatic heterocycles. The fourth-order valence-corrected chi connectivity index (χ4v) is 2.78. The summed E-state index contributed by atoms with van der Waals surface area (Å²) in [6.07, 6.45) is 0.700. The number of amides is 2. The largest absolute Gasteiger partial charge is 0.444 e. The fourth-order valence-electron chi connectivity index (χ4n) is 2.24. The molecule has 1 aliphatic rings. The molecule has 0 saturated heterocycles. The van der Waals surface area contributed by atoms with Gasteiger partial charge in [0.05, 0.1) is 12.2 Å². The highest BCUT2D eigenvalue weighted by atomic mass is 32.2. The molecule has 24 heavy (non-hydrogen) atoms. The predicted octanol–water partition coefficient (Wildman–Crippen LogP) is 0.272. The van der Waals surface area contributed by atoms with Crippen molar-refractivity contribution in [2.75, 3.05) is 12.8 Å². The van der Waals surface area contributed by atoms with Gasteiger partial charge in [0.15, 0.2) is 0 Å². The number of fused-ring (bicyclic) bond motifs is 1. The summed E-state index contributed by atoms with van der Waals surface area (Å²) in [7, 11) is -3.68. The van der Waals surface area contributed by atoms with E-state index in [0.29, 0.717) is 17.8 Å². The normalized spacial score (nSPS) is 14.9. The van der Waals surface area contributed by atoms with Gasteiger partial charge in [0.1, 0.15) is 11.3 Å². The summed E-state index contributed by atoms with van der Waals surface area (Å²) in [4.78, 5) is 33.0. The van der Waals surface area contributed by atoms with E-state index in [1.165, 1.54) is 4.90 Å². The van der Waals surface area contributed by atoms with Crippen molar-refractivity contribution in [1.82, 2.24) is 14.9 Å². The summed E-state index contributed by atoms with van der Waals surface area (Å²) in [5.74, 6) is -0.871. The number of aromatic nitrogens is 2. The minimum atomic E-state index is -3.68. The third-order valence-electron chi connectivity index (χ3n) is 3.26. The Morgan fingerprint density at radius 3 is 2.38 bits per heavy atom. The van der Waals surface area contributed by atoms with Crippen LogP contribution in [-0.2, 0) is 27.5 Å². The molecule has 0 bridgehead atoms. The second-order valence-electron chi connectivity index (χ2n) is 6.57. The highest BCUT2D eigenvalue weighted by molar-refractivity contribution is 7.90. The Hall–Kier alpha value is -2.23. The lowest BCUT2D eigenvalue weighted by atomic mass is 10.0. The Labute approximate surface area is 140 Å². The summed E-state index contributed by atoms with van der Waals surface area (Å²) in [6, 6.07) is 0. The Kier molecular flexibility index (Phi) is 4.53. The highest BCUT2D eigenvalue weighted by Gasteiger charge is 2.31. The van der Waals surface area contributed by atoms with E-state index in [-0.39, 0.29) is 18.7 Å². The van der Waals surface area contributed by atoms with Gasteiger partial charge in [-0.2, -0.15) is 0 Å². The first-order valence-corrected chi connectivity index (χ1v) is 9.15. The first-order chi connectivity index (χ1) is 10.9. The van der Waals surface area contributed by atoms with Crippen LogP contribution in [0.2, 0.25) is 0 Å². The van der Waals surface area contributed by atoms with Crippen molar-refractivity contribution < 1.29 is 22.7 Å². The lowest BCUT2D eigenvalue weighted by Crippen LogP contribution is -2.41. The zero-order chi connectivity index (χ0) is 18.3. The number of primary amides is 1. The van der Waals surface area contributed by atoms with Gasteiger partial charge in [0, 0.05) is 24.8 Å². The van der Waals surface area contributed by atoms with Gasteiger partial charge in [-0.1, -0.05) is 0 Å². The maximum atomic E-state index is 12.2. The number of sulfone groups is 1. The van der Waals surface area contributed by atoms with Crippen LogP contribution in [0.5, 0.6) is 0 Å². The molecule has 0 fully saturated rings. The van der Waals surface area contributed by atoms with E-state index in [1.54, 1.807) is 20.8 Å². The molecule has 10 heteroatoms. The molecular weight excluding hydrogens is 336 g/mol. The van der Waals surface area contributed by atoms with Crippen LogP contribution >= 0.6 is 0 Å². The lowest BCUT2D eigenvalue weighted by molar-refractivity contribution is 0.0221. The van der Waals surface area contributed by atoms with Gasteiger partial charge in [-0.3, -0.25) is 4.79 Å². The zero-order valence-electron chi connectivity index (χ0n) is 14.0. The molecule has 132 valence electrons. The van der Waals surface area contributed by atoms with Gasteiger partial charge < -0.3 is 15.4 Å². The molecule has 2 heterocycles. The van der Waals surface area contributed by atoms with E-state index in [4.69, 9.17) is 10.5 Å². The number of nitrogens with two attached hydrogens (primary N) is 1. The molecule has 0 spiro atoms. The van der Waals surface area contributed by atoms with Crippen LogP contribution in [0.4, 0.5) is 4.79 Å². The summed E-state index contributed by atoms with van der Waals surface area (Å²) in [6.45, 7) is 5.57. The van der Waals surface area contributed by atoms with Gasteiger partial charge in [-0.05, 0) is 20.8 Å². The second kappa shape index (κ2) is 6.00. The molecule has 0 radical (unpaired) electrons. The smallest absolute Gasteiger partial charge is 0.410 e. The minimum absolute atomic E-state index is 0.0343. The summed E-state index contributed by atoms with van der Waals surface area (Å²) >= 11 is 0. The number of rotatable bonds is 2. The third kappa shape index (κ3) is 3.99. The molecule has 9 nitrogen and oxygen atoms in total. The van der Waals surface area contributed by atoms with Crippen molar-refractivity contribution >= 4 is 21.8 Å². The standard InChI is InChI=1S/C14H20N4O5S/c1-14(2,3)23-13(20)18-6-5-9-8(7-18)10(11(15)19)17-12(16-9)24(4,21)22/h5-7H2,1-4H3,(H2,15,19). The molecule has 0 unspecified atom stereocenters. The Morgan fingerprint density at radius 1 is 1.25 bits per heavy atom. The number of hydrogen-bond acceptors (Lipinski definition) is 7. The van der Waals surface area contributed by atoms with Crippen molar-refractivity contribution in [2.45, 2.75) is 44.5 Å². The van der Waals surface area contributed by atoms with Crippen LogP contribution in [0.1, 0.15) is 42.5 Å². The maximum Gasteiger partial charge on any atom is 0.410 e. The maximum absolute atomic E-state index is 12.2. The molecule has 0 atom stereocenters. The molecular formula is C14H20N4O5S. The van der Waals surface area contributed by atoms with E-state index in [2.05, 4.69) is 9.97 Å². The van der Waals surface area contributed by atoms with Crippen LogP contribution in [0.25, 0.3) is 0 Å². The molecule has 2 rings (SSSR count). The molecule has 0 saturated carbocycles. The zero-order valence-corrected chi connectivity index (χ0v) is 14.8. The number of carbonyl (C=O) groups excluding carboxylic acids is 2. The van der Waals surface area contributed by atoms with Crippen LogP contribution in [0.3, 0.4) is 0 Å². The quantitative estimate of drug-likeness (QED) is 0.752. The molecule has 0 aliphatic carbocycles. The molecule has 2 N–H and O–H groups in total. The number of nitrogens with zero attached hydrogens (tertiary/aromatic N) is 3. The van der Waals surface area contributed by atoms with Gasteiger partial charge in [0.25, 0.3) is 5.91 Å². The topological polar surface area (TPSA) is 133 Å². The summed E-state index contributed by atoms with van der Waals surface area (Å²) in [5.41, 5.74) is 5.23. The summed E-state index contributed by atoms with van der Waals surface area (Å²) < 4.78 is 28.6. The molecule has 1 aromatic heterocycles. The Bertz CT molecular complexity index is 798. The van der Waals surface area contributed by atoms with Crippen LogP contribution < -0.4 is 5.73 Å². The van der Waals surface area contributed by atoms with Crippen molar-refractivity contribution in [2.24, 2.45) is 5.73 Å². The lowest BCUT2D eigenvalue weighted by Gasteiger charge is -2.31. The molecule has 0 aromatic carbocycles. The van der Waals surface area contributed by atoms with Gasteiger partial charge in [0.2, 0.25) is 15.0 Å². The van der Waals surface area contributed by atoms with Crippen molar-refractivity contribution in [1.29, 1.82) is 0 Å². The highest BCUT2D eigenvalue weighted by Crippen LogP contribution is 2.23. The Balaban J connectivity index is 2.41. The average Bonchev–Trinajstić information content (AvgIpc) is 2.42. The average molecular weight is 356 g/mol.